The van der Waals surface area contributed by atoms with Crippen LogP contribution in [0.1, 0.15) is 13.8 Å². The van der Waals surface area contributed by atoms with Crippen LogP contribution in [0.15, 0.2) is 29.4 Å². The molecular weight excluding hydrogens is 258 g/mol. The minimum atomic E-state index is 0.0609. The number of para-hydroxylation sites is 2. The van der Waals surface area contributed by atoms with Crippen molar-refractivity contribution in [3.8, 4) is 0 Å². The molecule has 0 unspecified atom stereocenters. The first-order valence-electron chi connectivity index (χ1n) is 6.39. The molecule has 0 aliphatic rings. The summed E-state index contributed by atoms with van der Waals surface area (Å²) in [7, 11) is 1.98. The predicted octanol–water partition coefficient (Wildman–Crippen LogP) is 2.44. The summed E-state index contributed by atoms with van der Waals surface area (Å²) >= 11 is 1.47. The van der Waals surface area contributed by atoms with E-state index in [1.807, 2.05) is 35.9 Å². The third-order valence-corrected chi connectivity index (χ3v) is 3.82. The number of fused-ring (bicyclic) bond motifs is 1. The molecular formula is C14H19N3OS. The maximum Gasteiger partial charge on any atom is 0.230 e. The van der Waals surface area contributed by atoms with E-state index in [1.54, 1.807) is 0 Å². The quantitative estimate of drug-likeness (QED) is 0.854. The van der Waals surface area contributed by atoms with Gasteiger partial charge < -0.3 is 9.88 Å². The molecule has 0 atom stereocenters. The molecule has 19 heavy (non-hydrogen) atoms. The number of hydrogen-bond acceptors (Lipinski definition) is 3. The zero-order valence-electron chi connectivity index (χ0n) is 11.5. The van der Waals surface area contributed by atoms with E-state index in [4.69, 9.17) is 0 Å². The number of thioether (sulfide) groups is 1. The number of aromatic nitrogens is 2. The molecule has 102 valence electrons. The molecule has 0 saturated heterocycles. The number of rotatable bonds is 5. The fraction of sp³-hybridized carbons (Fsp3) is 0.429. The third-order valence-electron chi connectivity index (χ3n) is 2.79. The van der Waals surface area contributed by atoms with E-state index >= 15 is 0 Å². The summed E-state index contributed by atoms with van der Waals surface area (Å²) in [5, 5.41) is 3.78. The summed E-state index contributed by atoms with van der Waals surface area (Å²) in [6, 6.07) is 7.98. The first kappa shape index (κ1) is 13.9. The molecule has 0 radical (unpaired) electrons. The highest BCUT2D eigenvalue weighted by Crippen LogP contribution is 2.22. The zero-order valence-corrected chi connectivity index (χ0v) is 12.3. The number of hydrogen-bond donors (Lipinski definition) is 1. The molecule has 4 nitrogen and oxygen atoms in total. The molecule has 0 bridgehead atoms. The van der Waals surface area contributed by atoms with Crippen LogP contribution in [0, 0.1) is 5.92 Å². The zero-order chi connectivity index (χ0) is 13.8. The van der Waals surface area contributed by atoms with E-state index in [1.165, 1.54) is 11.8 Å². The Morgan fingerprint density at radius 1 is 1.42 bits per heavy atom. The Hall–Kier alpha value is -1.49. The van der Waals surface area contributed by atoms with Crippen molar-refractivity contribution < 1.29 is 4.79 Å². The highest BCUT2D eigenvalue weighted by molar-refractivity contribution is 7.99. The van der Waals surface area contributed by atoms with Gasteiger partial charge in [0, 0.05) is 13.6 Å². The second-order valence-electron chi connectivity index (χ2n) is 4.93. The van der Waals surface area contributed by atoms with Gasteiger partial charge in [0.15, 0.2) is 5.16 Å². The van der Waals surface area contributed by atoms with Gasteiger partial charge in [-0.05, 0) is 18.1 Å². The van der Waals surface area contributed by atoms with Crippen molar-refractivity contribution in [3.63, 3.8) is 0 Å². The number of amides is 1. The van der Waals surface area contributed by atoms with Crippen LogP contribution in [-0.4, -0.2) is 27.8 Å². The summed E-state index contributed by atoms with van der Waals surface area (Å²) < 4.78 is 2.02. The Morgan fingerprint density at radius 3 is 2.84 bits per heavy atom. The van der Waals surface area contributed by atoms with Crippen LogP contribution in [0.3, 0.4) is 0 Å². The summed E-state index contributed by atoms with van der Waals surface area (Å²) in [6.45, 7) is 4.89. The molecule has 2 aromatic rings. The van der Waals surface area contributed by atoms with Crippen molar-refractivity contribution in [1.29, 1.82) is 0 Å². The topological polar surface area (TPSA) is 46.9 Å². The van der Waals surface area contributed by atoms with Gasteiger partial charge in [-0.1, -0.05) is 37.7 Å². The molecule has 1 N–H and O–H groups in total. The molecule has 0 aliphatic carbocycles. The molecule has 1 aromatic heterocycles. The lowest BCUT2D eigenvalue weighted by Gasteiger charge is -2.07. The standard InChI is InChI=1S/C14H19N3OS/c1-10(2)8-15-13(18)9-19-14-16-11-6-4-5-7-12(11)17(14)3/h4-7,10H,8-9H2,1-3H3,(H,15,18). The summed E-state index contributed by atoms with van der Waals surface area (Å²) in [6.07, 6.45) is 0. The van der Waals surface area contributed by atoms with Gasteiger partial charge in [0.05, 0.1) is 16.8 Å². The maximum absolute atomic E-state index is 11.7. The van der Waals surface area contributed by atoms with E-state index in [0.29, 0.717) is 11.7 Å². The van der Waals surface area contributed by atoms with Crippen molar-refractivity contribution in [3.05, 3.63) is 24.3 Å². The van der Waals surface area contributed by atoms with Crippen molar-refractivity contribution >= 4 is 28.7 Å². The Labute approximate surface area is 117 Å². The first-order chi connectivity index (χ1) is 9.08. The number of nitrogens with one attached hydrogen (secondary N) is 1. The highest BCUT2D eigenvalue weighted by atomic mass is 32.2. The number of benzene rings is 1. The lowest BCUT2D eigenvalue weighted by atomic mass is 10.2. The number of aryl methyl sites for hydroxylation is 1. The second kappa shape index (κ2) is 6.10. The minimum absolute atomic E-state index is 0.0609. The molecule has 1 amide bonds. The second-order valence-corrected chi connectivity index (χ2v) is 5.87. The van der Waals surface area contributed by atoms with Crippen LogP contribution in [0.25, 0.3) is 11.0 Å². The van der Waals surface area contributed by atoms with Gasteiger partial charge >= 0.3 is 0 Å². The van der Waals surface area contributed by atoms with Gasteiger partial charge in [-0.25, -0.2) is 4.98 Å². The van der Waals surface area contributed by atoms with E-state index < -0.39 is 0 Å². The van der Waals surface area contributed by atoms with Crippen LogP contribution in [-0.2, 0) is 11.8 Å². The van der Waals surface area contributed by atoms with E-state index in [9.17, 15) is 4.79 Å². The van der Waals surface area contributed by atoms with E-state index in [-0.39, 0.29) is 5.91 Å². The lowest BCUT2D eigenvalue weighted by molar-refractivity contribution is -0.118. The van der Waals surface area contributed by atoms with Crippen LogP contribution in [0.5, 0.6) is 0 Å². The average molecular weight is 277 g/mol. The lowest BCUT2D eigenvalue weighted by Crippen LogP contribution is -2.28. The molecule has 2 rings (SSSR count). The highest BCUT2D eigenvalue weighted by Gasteiger charge is 2.10. The monoisotopic (exact) mass is 277 g/mol. The summed E-state index contributed by atoms with van der Waals surface area (Å²) in [5.74, 6) is 0.944. The van der Waals surface area contributed by atoms with Crippen LogP contribution < -0.4 is 5.32 Å². The fourth-order valence-corrected chi connectivity index (χ4v) is 2.57. The van der Waals surface area contributed by atoms with Gasteiger partial charge in [-0.2, -0.15) is 0 Å². The third kappa shape index (κ3) is 3.50. The Morgan fingerprint density at radius 2 is 2.16 bits per heavy atom. The SMILES string of the molecule is CC(C)CNC(=O)CSc1nc2ccccc2n1C. The molecule has 0 fully saturated rings. The van der Waals surface area contributed by atoms with Crippen LogP contribution >= 0.6 is 11.8 Å². The van der Waals surface area contributed by atoms with E-state index in [2.05, 4.69) is 24.1 Å². The van der Waals surface area contributed by atoms with Gasteiger partial charge in [0.2, 0.25) is 5.91 Å². The number of imidazole rings is 1. The molecule has 0 spiro atoms. The minimum Gasteiger partial charge on any atom is -0.355 e. The van der Waals surface area contributed by atoms with Gasteiger partial charge in [-0.3, -0.25) is 4.79 Å². The van der Waals surface area contributed by atoms with Crippen molar-refractivity contribution in [2.75, 3.05) is 12.3 Å². The molecule has 1 aromatic carbocycles. The Kier molecular flexibility index (Phi) is 4.47. The van der Waals surface area contributed by atoms with Gasteiger partial charge in [-0.15, -0.1) is 0 Å². The van der Waals surface area contributed by atoms with Crippen molar-refractivity contribution in [2.45, 2.75) is 19.0 Å². The molecule has 1 heterocycles. The Bertz CT molecular complexity index is 577. The number of carbonyl (C=O) groups is 1. The normalized spacial score (nSPS) is 11.2. The van der Waals surface area contributed by atoms with Gasteiger partial charge in [0.1, 0.15) is 0 Å². The van der Waals surface area contributed by atoms with Crippen LogP contribution in [0.2, 0.25) is 0 Å². The average Bonchev–Trinajstić information content (AvgIpc) is 2.71. The number of nitrogens with zero attached hydrogens (tertiary/aromatic N) is 2. The smallest absolute Gasteiger partial charge is 0.230 e. The molecule has 5 heteroatoms. The summed E-state index contributed by atoms with van der Waals surface area (Å²) in [4.78, 5) is 16.2. The number of carbonyl (C=O) groups excluding carboxylic acids is 1. The fourth-order valence-electron chi connectivity index (χ4n) is 1.75. The first-order valence-corrected chi connectivity index (χ1v) is 7.37. The van der Waals surface area contributed by atoms with Crippen molar-refractivity contribution in [2.24, 2.45) is 13.0 Å². The van der Waals surface area contributed by atoms with Crippen LogP contribution in [0.4, 0.5) is 0 Å². The summed E-state index contributed by atoms with van der Waals surface area (Å²) in [5.41, 5.74) is 2.06. The molecule has 0 aliphatic heterocycles. The molecule has 0 saturated carbocycles. The predicted molar refractivity (Wildman–Crippen MR) is 79.3 cm³/mol. The van der Waals surface area contributed by atoms with E-state index in [0.717, 1.165) is 22.7 Å². The maximum atomic E-state index is 11.7. The Balaban J connectivity index is 1.98. The largest absolute Gasteiger partial charge is 0.355 e. The van der Waals surface area contributed by atoms with Gasteiger partial charge in [0.25, 0.3) is 0 Å². The van der Waals surface area contributed by atoms with Crippen molar-refractivity contribution in [1.82, 2.24) is 14.9 Å².